The third-order valence-corrected chi connectivity index (χ3v) is 1.13. The monoisotopic (exact) mass is 177 g/mol. The molecule has 0 saturated carbocycles. The molecule has 68 valence electrons. The normalized spacial score (nSPS) is 12.2. The Hall–Kier alpha value is -1.30. The van der Waals surface area contributed by atoms with Crippen LogP contribution in [0, 0.1) is 0 Å². The molecule has 0 aromatic rings. The summed E-state index contributed by atoms with van der Waals surface area (Å²) in [6.07, 6.45) is -0.662. The smallest absolute Gasteiger partial charge is 0.305 e. The Morgan fingerprint density at radius 3 is 2.25 bits per heavy atom. The molecule has 0 fully saturated rings. The van der Waals surface area contributed by atoms with Gasteiger partial charge in [-0.15, -0.1) is 0 Å². The molecule has 1 atom stereocenters. The lowest BCUT2D eigenvalue weighted by Crippen LogP contribution is -2.38. The van der Waals surface area contributed by atoms with Crippen LogP contribution < -0.4 is 5.73 Å². The second kappa shape index (κ2) is 4.55. The van der Waals surface area contributed by atoms with Crippen molar-refractivity contribution in [3.63, 3.8) is 0 Å². The van der Waals surface area contributed by atoms with Gasteiger partial charge in [-0.2, -0.15) is 0 Å². The van der Waals surface area contributed by atoms with Crippen LogP contribution in [0.1, 0.15) is 6.42 Å². The molecule has 6 heteroatoms. The summed E-state index contributed by atoms with van der Waals surface area (Å²) in [5.41, 5.74) is 4.98. The van der Waals surface area contributed by atoms with E-state index in [1.54, 1.807) is 0 Å². The minimum atomic E-state index is -1.44. The summed E-state index contributed by atoms with van der Waals surface area (Å²) in [6.45, 7) is -1.44. The average Bonchev–Trinajstić information content (AvgIpc) is 2.00. The van der Waals surface area contributed by atoms with Crippen molar-refractivity contribution in [3.8, 4) is 0 Å². The minimum Gasteiger partial charge on any atom is -0.481 e. The number of Topliss-reactive ketones (excluding diaryl/α,β-unsaturated/α-hetero) is 2. The average molecular weight is 177 g/mol. The molecule has 0 heterocycles. The van der Waals surface area contributed by atoms with Crippen LogP contribution >= 0.6 is 0 Å². The zero-order chi connectivity index (χ0) is 9.72. The van der Waals surface area contributed by atoms with Crippen molar-refractivity contribution in [3.05, 3.63) is 0 Å². The van der Waals surface area contributed by atoms with Gasteiger partial charge in [0.1, 0.15) is 0 Å². The van der Waals surface area contributed by atoms with Crippen LogP contribution in [0.4, 0.5) is 4.39 Å². The number of hydrogen-bond donors (Lipinski definition) is 2. The van der Waals surface area contributed by atoms with Gasteiger partial charge in [-0.05, 0) is 0 Å². The number of hydrogen-bond acceptors (Lipinski definition) is 4. The molecule has 0 spiro atoms. The summed E-state index contributed by atoms with van der Waals surface area (Å²) in [4.78, 5) is 31.0. The van der Waals surface area contributed by atoms with Gasteiger partial charge < -0.3 is 10.8 Å². The molecule has 5 nitrogen and oxygen atoms in total. The van der Waals surface area contributed by atoms with E-state index in [0.717, 1.165) is 0 Å². The molecule has 0 aliphatic carbocycles. The first-order valence-corrected chi connectivity index (χ1v) is 3.09. The van der Waals surface area contributed by atoms with Crippen LogP contribution in [0.25, 0.3) is 0 Å². The molecule has 0 saturated heterocycles. The highest BCUT2D eigenvalue weighted by Gasteiger charge is 2.23. The molecule has 0 amide bonds. The van der Waals surface area contributed by atoms with Gasteiger partial charge in [0.2, 0.25) is 11.6 Å². The zero-order valence-corrected chi connectivity index (χ0v) is 6.12. The summed E-state index contributed by atoms with van der Waals surface area (Å²) in [5.74, 6) is -3.77. The van der Waals surface area contributed by atoms with Gasteiger partial charge in [0, 0.05) is 0 Å². The Balaban J connectivity index is 4.10. The lowest BCUT2D eigenvalue weighted by atomic mass is 10.1. The van der Waals surface area contributed by atoms with E-state index in [1.807, 2.05) is 0 Å². The zero-order valence-electron chi connectivity index (χ0n) is 6.12. The van der Waals surface area contributed by atoms with Crippen molar-refractivity contribution in [2.24, 2.45) is 5.73 Å². The van der Waals surface area contributed by atoms with Crippen molar-refractivity contribution in [1.82, 2.24) is 0 Å². The number of ketones is 2. The number of nitrogens with two attached hydrogens (primary N) is 1. The molecule has 3 N–H and O–H groups in total. The van der Waals surface area contributed by atoms with E-state index in [1.165, 1.54) is 0 Å². The molecule has 0 aliphatic rings. The largest absolute Gasteiger partial charge is 0.481 e. The number of carbonyl (C=O) groups excluding carboxylic acids is 2. The lowest BCUT2D eigenvalue weighted by Gasteiger charge is -2.03. The van der Waals surface area contributed by atoms with Crippen LogP contribution in [0.2, 0.25) is 0 Å². The van der Waals surface area contributed by atoms with Gasteiger partial charge in [-0.25, -0.2) is 4.39 Å². The van der Waals surface area contributed by atoms with Crippen molar-refractivity contribution in [2.75, 3.05) is 6.67 Å². The lowest BCUT2D eigenvalue weighted by molar-refractivity contribution is -0.142. The molecule has 0 aliphatic heterocycles. The maximum absolute atomic E-state index is 11.6. The fraction of sp³-hybridized carbons (Fsp3) is 0.500. The molecule has 0 aromatic heterocycles. The number of carbonyl (C=O) groups is 3. The first-order chi connectivity index (χ1) is 5.49. The summed E-state index contributed by atoms with van der Waals surface area (Å²) >= 11 is 0. The molecular formula is C6H8FNO4. The van der Waals surface area contributed by atoms with Crippen molar-refractivity contribution < 1.29 is 23.9 Å². The Kier molecular flexibility index (Phi) is 4.06. The quantitative estimate of drug-likeness (QED) is 0.519. The third kappa shape index (κ3) is 3.20. The van der Waals surface area contributed by atoms with E-state index in [0.29, 0.717) is 0 Å². The second-order valence-corrected chi connectivity index (χ2v) is 2.13. The summed E-state index contributed by atoms with van der Waals surface area (Å²) < 4.78 is 11.6. The topological polar surface area (TPSA) is 97.5 Å². The van der Waals surface area contributed by atoms with Gasteiger partial charge in [0.25, 0.3) is 0 Å². The van der Waals surface area contributed by atoms with Gasteiger partial charge >= 0.3 is 5.97 Å². The molecule has 0 radical (unpaired) electrons. The Morgan fingerprint density at radius 2 is 1.92 bits per heavy atom. The molecule has 0 rings (SSSR count). The predicted molar refractivity (Wildman–Crippen MR) is 36.2 cm³/mol. The number of aliphatic carboxylic acids is 1. The molecule has 0 bridgehead atoms. The van der Waals surface area contributed by atoms with Crippen LogP contribution in [-0.4, -0.2) is 35.4 Å². The Morgan fingerprint density at radius 1 is 1.42 bits per heavy atom. The molecular weight excluding hydrogens is 169 g/mol. The summed E-state index contributed by atoms with van der Waals surface area (Å²) in [5, 5.41) is 8.15. The van der Waals surface area contributed by atoms with E-state index < -0.39 is 36.7 Å². The van der Waals surface area contributed by atoms with Crippen LogP contribution in [0.15, 0.2) is 0 Å². The minimum absolute atomic E-state index is 0.662. The van der Waals surface area contributed by atoms with E-state index in [2.05, 4.69) is 0 Å². The number of carboxylic acid groups (broad SMARTS) is 1. The molecule has 0 unspecified atom stereocenters. The summed E-state index contributed by atoms with van der Waals surface area (Å²) in [6, 6.07) is -1.44. The first-order valence-electron chi connectivity index (χ1n) is 3.09. The number of halogens is 1. The SMILES string of the molecule is N[C@@H](CC(=O)O)C(=O)C(=O)CF. The number of alkyl halides is 1. The number of rotatable bonds is 5. The van der Waals surface area contributed by atoms with Crippen LogP contribution in [0.3, 0.4) is 0 Å². The van der Waals surface area contributed by atoms with E-state index >= 15 is 0 Å². The van der Waals surface area contributed by atoms with E-state index in [-0.39, 0.29) is 0 Å². The van der Waals surface area contributed by atoms with E-state index in [4.69, 9.17) is 10.8 Å². The standard InChI is InChI=1S/C6H8FNO4/c7-2-4(9)6(12)3(8)1-5(10)11/h3H,1-2,8H2,(H,10,11)/t3-/m0/s1. The third-order valence-electron chi connectivity index (χ3n) is 1.13. The molecule has 0 aromatic carbocycles. The van der Waals surface area contributed by atoms with Gasteiger partial charge in [-0.1, -0.05) is 0 Å². The molecule has 12 heavy (non-hydrogen) atoms. The van der Waals surface area contributed by atoms with Crippen molar-refractivity contribution in [1.29, 1.82) is 0 Å². The second-order valence-electron chi connectivity index (χ2n) is 2.13. The fourth-order valence-corrected chi connectivity index (χ4v) is 0.553. The van der Waals surface area contributed by atoms with Gasteiger partial charge in [0.15, 0.2) is 6.67 Å². The Bertz CT molecular complexity index is 216. The highest BCUT2D eigenvalue weighted by Crippen LogP contribution is 1.92. The maximum atomic E-state index is 11.6. The number of carboxylic acids is 1. The summed E-state index contributed by atoms with van der Waals surface area (Å²) in [7, 11) is 0. The highest BCUT2D eigenvalue weighted by molar-refractivity contribution is 6.39. The fourth-order valence-electron chi connectivity index (χ4n) is 0.553. The first kappa shape index (κ1) is 10.7. The van der Waals surface area contributed by atoms with Crippen molar-refractivity contribution >= 4 is 17.5 Å². The van der Waals surface area contributed by atoms with E-state index in [9.17, 15) is 18.8 Å². The predicted octanol–water partition coefficient (Wildman–Crippen LogP) is -1.10. The van der Waals surface area contributed by atoms with Crippen molar-refractivity contribution in [2.45, 2.75) is 12.5 Å². The Labute approximate surface area is 67.3 Å². The van der Waals surface area contributed by atoms with Crippen LogP contribution in [0.5, 0.6) is 0 Å². The van der Waals surface area contributed by atoms with Crippen LogP contribution in [-0.2, 0) is 14.4 Å². The maximum Gasteiger partial charge on any atom is 0.305 e. The highest BCUT2D eigenvalue weighted by atomic mass is 19.1. The van der Waals surface area contributed by atoms with Gasteiger partial charge in [-0.3, -0.25) is 14.4 Å². The van der Waals surface area contributed by atoms with Gasteiger partial charge in [0.05, 0.1) is 12.5 Å².